The molecule has 106 valence electrons. The van der Waals surface area contributed by atoms with Crippen LogP contribution in [-0.2, 0) is 6.54 Å². The second-order valence-electron chi connectivity index (χ2n) is 4.50. The highest BCUT2D eigenvalue weighted by Crippen LogP contribution is 2.23. The Labute approximate surface area is 123 Å². The van der Waals surface area contributed by atoms with Crippen LogP contribution in [0.4, 0.5) is 10.1 Å². The van der Waals surface area contributed by atoms with Gasteiger partial charge in [-0.15, -0.1) is 0 Å². The topological polar surface area (TPSA) is 21.3 Å². The van der Waals surface area contributed by atoms with Crippen molar-refractivity contribution in [3.05, 3.63) is 58.4 Å². The zero-order chi connectivity index (χ0) is 14.5. The normalized spacial score (nSPS) is 10.4. The van der Waals surface area contributed by atoms with Crippen LogP contribution in [0.2, 0.25) is 5.02 Å². The van der Waals surface area contributed by atoms with E-state index in [4.69, 9.17) is 16.3 Å². The lowest BCUT2D eigenvalue weighted by atomic mass is 10.1. The Kier molecular flexibility index (Phi) is 4.85. The summed E-state index contributed by atoms with van der Waals surface area (Å²) < 4.78 is 19.1. The van der Waals surface area contributed by atoms with Gasteiger partial charge in [-0.05, 0) is 55.8 Å². The molecule has 0 aliphatic heterocycles. The van der Waals surface area contributed by atoms with Gasteiger partial charge in [0.15, 0.2) is 0 Å². The molecule has 0 spiro atoms. The minimum absolute atomic E-state index is 0.259. The zero-order valence-electron chi connectivity index (χ0n) is 11.5. The van der Waals surface area contributed by atoms with Gasteiger partial charge >= 0.3 is 0 Å². The lowest BCUT2D eigenvalue weighted by molar-refractivity contribution is 0.340. The van der Waals surface area contributed by atoms with Gasteiger partial charge in [-0.1, -0.05) is 11.6 Å². The maximum absolute atomic E-state index is 13.6. The van der Waals surface area contributed by atoms with E-state index in [9.17, 15) is 4.39 Å². The highest BCUT2D eigenvalue weighted by atomic mass is 35.5. The Bertz CT molecular complexity index is 601. The Morgan fingerprint density at radius 2 is 2.00 bits per heavy atom. The minimum Gasteiger partial charge on any atom is -0.494 e. The SMILES string of the molecule is CCOc1ccc(NCc2cc(Cl)ccc2F)c(C)c1. The summed E-state index contributed by atoms with van der Waals surface area (Å²) in [6.07, 6.45) is 0. The van der Waals surface area contributed by atoms with E-state index in [1.54, 1.807) is 12.1 Å². The number of halogens is 2. The molecule has 2 aromatic carbocycles. The second kappa shape index (κ2) is 6.62. The Morgan fingerprint density at radius 1 is 1.20 bits per heavy atom. The standard InChI is InChI=1S/C16H17ClFNO/c1-3-20-14-5-7-16(11(2)8-14)19-10-12-9-13(17)4-6-15(12)18/h4-9,19H,3,10H2,1-2H3. The lowest BCUT2D eigenvalue weighted by Crippen LogP contribution is -2.03. The lowest BCUT2D eigenvalue weighted by Gasteiger charge is -2.12. The van der Waals surface area contributed by atoms with E-state index in [-0.39, 0.29) is 5.82 Å². The van der Waals surface area contributed by atoms with Crippen molar-refractivity contribution in [3.8, 4) is 5.75 Å². The smallest absolute Gasteiger partial charge is 0.128 e. The first kappa shape index (κ1) is 14.7. The monoisotopic (exact) mass is 293 g/mol. The Hall–Kier alpha value is -1.74. The van der Waals surface area contributed by atoms with Crippen molar-refractivity contribution >= 4 is 17.3 Å². The van der Waals surface area contributed by atoms with Crippen LogP contribution in [-0.4, -0.2) is 6.61 Å². The van der Waals surface area contributed by atoms with Crippen molar-refractivity contribution in [2.45, 2.75) is 20.4 Å². The molecule has 0 unspecified atom stereocenters. The quantitative estimate of drug-likeness (QED) is 0.855. The number of anilines is 1. The highest BCUT2D eigenvalue weighted by molar-refractivity contribution is 6.30. The fraction of sp³-hybridized carbons (Fsp3) is 0.250. The molecule has 0 saturated carbocycles. The molecule has 1 N–H and O–H groups in total. The number of benzene rings is 2. The number of hydrogen-bond acceptors (Lipinski definition) is 2. The predicted octanol–water partition coefficient (Wildman–Crippen LogP) is 4.80. The number of ether oxygens (including phenoxy) is 1. The molecule has 0 aliphatic carbocycles. The van der Waals surface area contributed by atoms with Gasteiger partial charge in [-0.2, -0.15) is 0 Å². The van der Waals surface area contributed by atoms with Crippen LogP contribution in [0.15, 0.2) is 36.4 Å². The third kappa shape index (κ3) is 3.64. The number of hydrogen-bond donors (Lipinski definition) is 1. The van der Waals surface area contributed by atoms with E-state index in [2.05, 4.69) is 5.32 Å². The first-order valence-electron chi connectivity index (χ1n) is 6.51. The van der Waals surface area contributed by atoms with E-state index in [1.807, 2.05) is 32.0 Å². The van der Waals surface area contributed by atoms with E-state index < -0.39 is 0 Å². The molecular formula is C16H17ClFNO. The van der Waals surface area contributed by atoms with E-state index in [0.717, 1.165) is 17.0 Å². The van der Waals surface area contributed by atoms with Crippen LogP contribution in [0.5, 0.6) is 5.75 Å². The molecule has 0 aromatic heterocycles. The van der Waals surface area contributed by atoms with Crippen LogP contribution in [0.3, 0.4) is 0 Å². The maximum atomic E-state index is 13.6. The summed E-state index contributed by atoms with van der Waals surface area (Å²) in [7, 11) is 0. The fourth-order valence-electron chi connectivity index (χ4n) is 1.96. The first-order valence-corrected chi connectivity index (χ1v) is 6.89. The summed E-state index contributed by atoms with van der Waals surface area (Å²) in [6.45, 7) is 4.96. The molecule has 0 heterocycles. The largest absolute Gasteiger partial charge is 0.494 e. The van der Waals surface area contributed by atoms with Crippen molar-refractivity contribution in [2.75, 3.05) is 11.9 Å². The van der Waals surface area contributed by atoms with Crippen molar-refractivity contribution in [1.82, 2.24) is 0 Å². The van der Waals surface area contributed by atoms with Crippen LogP contribution in [0.25, 0.3) is 0 Å². The molecule has 0 amide bonds. The molecule has 0 atom stereocenters. The molecule has 4 heteroatoms. The molecule has 0 saturated heterocycles. The van der Waals surface area contributed by atoms with Gasteiger partial charge in [0, 0.05) is 22.8 Å². The predicted molar refractivity (Wildman–Crippen MR) is 81.1 cm³/mol. The van der Waals surface area contributed by atoms with Crippen molar-refractivity contribution in [2.24, 2.45) is 0 Å². The molecule has 2 rings (SSSR count). The maximum Gasteiger partial charge on any atom is 0.128 e. The molecule has 0 bridgehead atoms. The van der Waals surface area contributed by atoms with Crippen LogP contribution < -0.4 is 10.1 Å². The van der Waals surface area contributed by atoms with Gasteiger partial charge in [0.2, 0.25) is 0 Å². The van der Waals surface area contributed by atoms with Gasteiger partial charge in [-0.3, -0.25) is 0 Å². The molecular weight excluding hydrogens is 277 g/mol. The highest BCUT2D eigenvalue weighted by Gasteiger charge is 2.05. The molecule has 0 aliphatic rings. The van der Waals surface area contributed by atoms with Crippen LogP contribution >= 0.6 is 11.6 Å². The van der Waals surface area contributed by atoms with Crippen molar-refractivity contribution < 1.29 is 9.13 Å². The average Bonchev–Trinajstić information content (AvgIpc) is 2.42. The zero-order valence-corrected chi connectivity index (χ0v) is 12.3. The fourth-order valence-corrected chi connectivity index (χ4v) is 2.15. The third-order valence-electron chi connectivity index (χ3n) is 2.99. The van der Waals surface area contributed by atoms with E-state index in [0.29, 0.717) is 23.7 Å². The number of aryl methyl sites for hydroxylation is 1. The van der Waals surface area contributed by atoms with Crippen LogP contribution in [0, 0.1) is 12.7 Å². The molecule has 20 heavy (non-hydrogen) atoms. The van der Waals surface area contributed by atoms with Gasteiger partial charge in [0.05, 0.1) is 6.61 Å². The van der Waals surface area contributed by atoms with E-state index >= 15 is 0 Å². The molecule has 0 radical (unpaired) electrons. The van der Waals surface area contributed by atoms with Gasteiger partial charge < -0.3 is 10.1 Å². The van der Waals surface area contributed by atoms with Gasteiger partial charge in [-0.25, -0.2) is 4.39 Å². The molecule has 0 fully saturated rings. The summed E-state index contributed by atoms with van der Waals surface area (Å²) in [4.78, 5) is 0. The second-order valence-corrected chi connectivity index (χ2v) is 4.94. The summed E-state index contributed by atoms with van der Waals surface area (Å²) in [5, 5.41) is 3.75. The van der Waals surface area contributed by atoms with Crippen LogP contribution in [0.1, 0.15) is 18.1 Å². The number of rotatable bonds is 5. The third-order valence-corrected chi connectivity index (χ3v) is 3.22. The van der Waals surface area contributed by atoms with Gasteiger partial charge in [0.1, 0.15) is 11.6 Å². The summed E-state index contributed by atoms with van der Waals surface area (Å²) in [6, 6.07) is 10.3. The summed E-state index contributed by atoms with van der Waals surface area (Å²) in [5.41, 5.74) is 2.55. The average molecular weight is 294 g/mol. The Balaban J connectivity index is 2.09. The van der Waals surface area contributed by atoms with Crippen molar-refractivity contribution in [3.63, 3.8) is 0 Å². The van der Waals surface area contributed by atoms with Gasteiger partial charge in [0.25, 0.3) is 0 Å². The minimum atomic E-state index is -0.259. The van der Waals surface area contributed by atoms with E-state index in [1.165, 1.54) is 6.07 Å². The summed E-state index contributed by atoms with van der Waals surface area (Å²) in [5.74, 6) is 0.579. The first-order chi connectivity index (χ1) is 9.60. The van der Waals surface area contributed by atoms with Crippen molar-refractivity contribution in [1.29, 1.82) is 0 Å². The molecule has 2 aromatic rings. The summed E-state index contributed by atoms with van der Waals surface area (Å²) >= 11 is 5.87. The Morgan fingerprint density at radius 3 is 2.70 bits per heavy atom. The number of nitrogens with one attached hydrogen (secondary N) is 1. The molecule has 2 nitrogen and oxygen atoms in total.